The average Bonchev–Trinajstić information content (AvgIpc) is 3.26. The zero-order chi connectivity index (χ0) is 28.1. The second kappa shape index (κ2) is 11.8. The predicted molar refractivity (Wildman–Crippen MR) is 163 cm³/mol. The summed E-state index contributed by atoms with van der Waals surface area (Å²) < 4.78 is 28.5. The molecule has 0 saturated heterocycles. The van der Waals surface area contributed by atoms with E-state index in [9.17, 15) is 13.5 Å². The Morgan fingerprint density at radius 3 is 2.23 bits per heavy atom. The summed E-state index contributed by atoms with van der Waals surface area (Å²) in [6.07, 6.45) is 0.939. The molecule has 3 N–H and O–H groups in total. The van der Waals surface area contributed by atoms with Crippen LogP contribution in [0.1, 0.15) is 22.3 Å². The van der Waals surface area contributed by atoms with E-state index in [2.05, 4.69) is 40.8 Å². The zero-order valence-electron chi connectivity index (χ0n) is 22.5. The Balaban J connectivity index is 1.53. The number of aromatic amines is 1. The van der Waals surface area contributed by atoms with Crippen molar-refractivity contribution in [1.82, 2.24) is 9.88 Å². The third kappa shape index (κ3) is 6.59. The van der Waals surface area contributed by atoms with Crippen LogP contribution >= 0.6 is 0 Å². The van der Waals surface area contributed by atoms with Gasteiger partial charge in [0.1, 0.15) is 0 Å². The van der Waals surface area contributed by atoms with Crippen molar-refractivity contribution in [2.75, 3.05) is 25.4 Å². The molecule has 0 amide bonds. The van der Waals surface area contributed by atoms with E-state index in [4.69, 9.17) is 4.99 Å². The minimum absolute atomic E-state index is 0.0375. The highest BCUT2D eigenvalue weighted by atomic mass is 32.2. The van der Waals surface area contributed by atoms with Gasteiger partial charge < -0.3 is 15.0 Å². The molecular weight excluding hydrogens is 520 g/mol. The van der Waals surface area contributed by atoms with Crippen molar-refractivity contribution in [1.29, 1.82) is 0 Å². The standard InChI is InChI=1S/C32H32N4O3S/c1-36(2)20-19-23-13-15-26(16-14-23)33-31(25-11-7-4-8-12-25)30-28-21-27(17-18-29(28)34-32(30)37)35-40(38,39)22-24-9-5-3-6-10-24/h3-18,21,34-35,37H,19-20,22H2,1-2H3. The van der Waals surface area contributed by atoms with Gasteiger partial charge in [-0.2, -0.15) is 0 Å². The fraction of sp³-hybridized carbons (Fsp3) is 0.156. The first-order valence-corrected chi connectivity index (χ1v) is 14.7. The van der Waals surface area contributed by atoms with Gasteiger partial charge >= 0.3 is 0 Å². The molecule has 8 heteroatoms. The van der Waals surface area contributed by atoms with Crippen LogP contribution in [0.4, 0.5) is 11.4 Å². The Hall–Kier alpha value is -4.40. The number of sulfonamides is 1. The fourth-order valence-electron chi connectivity index (χ4n) is 4.57. The van der Waals surface area contributed by atoms with E-state index in [0.717, 1.165) is 24.2 Å². The third-order valence-corrected chi connectivity index (χ3v) is 7.82. The van der Waals surface area contributed by atoms with Gasteiger partial charge in [-0.3, -0.25) is 4.72 Å². The molecule has 0 aliphatic rings. The van der Waals surface area contributed by atoms with E-state index in [1.54, 1.807) is 30.3 Å². The molecule has 5 rings (SSSR count). The number of likely N-dealkylation sites (N-methyl/N-ethyl adjacent to an activating group) is 1. The molecule has 0 spiro atoms. The molecule has 0 fully saturated rings. The molecule has 0 radical (unpaired) electrons. The van der Waals surface area contributed by atoms with Crippen molar-refractivity contribution in [2.24, 2.45) is 4.99 Å². The second-order valence-electron chi connectivity index (χ2n) is 10.0. The summed E-state index contributed by atoms with van der Waals surface area (Å²) >= 11 is 0. The number of hydrogen-bond donors (Lipinski definition) is 3. The van der Waals surface area contributed by atoms with Crippen LogP contribution in [0.25, 0.3) is 10.9 Å². The molecule has 1 aromatic heterocycles. The largest absolute Gasteiger partial charge is 0.494 e. The van der Waals surface area contributed by atoms with Gasteiger partial charge in [-0.25, -0.2) is 13.4 Å². The van der Waals surface area contributed by atoms with E-state index in [-0.39, 0.29) is 11.6 Å². The summed E-state index contributed by atoms with van der Waals surface area (Å²) in [5, 5.41) is 11.7. The SMILES string of the molecule is CN(C)CCc1ccc(N=C(c2ccccc2)c2c(O)[nH]c3ccc(NS(=O)(=O)Cc4ccccc4)cc23)cc1. The highest BCUT2D eigenvalue weighted by Gasteiger charge is 2.20. The Kier molecular flexibility index (Phi) is 8.00. The van der Waals surface area contributed by atoms with Crippen LogP contribution in [0.3, 0.4) is 0 Å². The number of benzene rings is 4. The molecular formula is C32H32N4O3S. The number of hydrogen-bond acceptors (Lipinski definition) is 5. The van der Waals surface area contributed by atoms with Gasteiger partial charge in [-0.1, -0.05) is 72.8 Å². The molecule has 0 bridgehead atoms. The van der Waals surface area contributed by atoms with Crippen molar-refractivity contribution < 1.29 is 13.5 Å². The van der Waals surface area contributed by atoms with Crippen LogP contribution in [0.15, 0.2) is 108 Å². The quantitative estimate of drug-likeness (QED) is 0.183. The summed E-state index contributed by atoms with van der Waals surface area (Å²) in [5.41, 5.74) is 5.64. The van der Waals surface area contributed by atoms with Crippen LogP contribution in [-0.2, 0) is 22.2 Å². The van der Waals surface area contributed by atoms with E-state index >= 15 is 0 Å². The Morgan fingerprint density at radius 1 is 0.875 bits per heavy atom. The number of aromatic hydroxyl groups is 1. The number of nitrogens with one attached hydrogen (secondary N) is 2. The topological polar surface area (TPSA) is 97.8 Å². The van der Waals surface area contributed by atoms with Gasteiger partial charge in [0.05, 0.1) is 22.7 Å². The molecule has 0 aliphatic carbocycles. The van der Waals surface area contributed by atoms with Crippen molar-refractivity contribution in [3.05, 3.63) is 125 Å². The van der Waals surface area contributed by atoms with E-state index in [1.165, 1.54) is 5.56 Å². The lowest BCUT2D eigenvalue weighted by molar-refractivity contribution is 0.413. The summed E-state index contributed by atoms with van der Waals surface area (Å²) in [4.78, 5) is 10.1. The van der Waals surface area contributed by atoms with Crippen LogP contribution in [0.5, 0.6) is 5.88 Å². The molecule has 0 aliphatic heterocycles. The minimum Gasteiger partial charge on any atom is -0.494 e. The molecule has 40 heavy (non-hydrogen) atoms. The number of aliphatic imine (C=N–C) groups is 1. The number of nitrogens with zero attached hydrogens (tertiary/aromatic N) is 2. The number of rotatable bonds is 10. The maximum Gasteiger partial charge on any atom is 0.236 e. The van der Waals surface area contributed by atoms with Gasteiger partial charge in [0, 0.05) is 28.7 Å². The summed E-state index contributed by atoms with van der Waals surface area (Å²) in [5.74, 6) is -0.178. The number of fused-ring (bicyclic) bond motifs is 1. The normalized spacial score (nSPS) is 12.2. The molecule has 204 valence electrons. The van der Waals surface area contributed by atoms with Gasteiger partial charge in [-0.15, -0.1) is 0 Å². The van der Waals surface area contributed by atoms with Crippen molar-refractivity contribution in [3.8, 4) is 5.88 Å². The third-order valence-electron chi connectivity index (χ3n) is 6.56. The highest BCUT2D eigenvalue weighted by Crippen LogP contribution is 2.33. The van der Waals surface area contributed by atoms with Crippen molar-refractivity contribution in [2.45, 2.75) is 12.2 Å². The van der Waals surface area contributed by atoms with E-state index in [0.29, 0.717) is 33.4 Å². The minimum atomic E-state index is -3.65. The van der Waals surface area contributed by atoms with Crippen LogP contribution in [0.2, 0.25) is 0 Å². The highest BCUT2D eigenvalue weighted by molar-refractivity contribution is 7.91. The van der Waals surface area contributed by atoms with E-state index in [1.807, 2.05) is 60.7 Å². The predicted octanol–water partition coefficient (Wildman–Crippen LogP) is 6.09. The van der Waals surface area contributed by atoms with Crippen LogP contribution in [0, 0.1) is 0 Å². The monoisotopic (exact) mass is 552 g/mol. The lowest BCUT2D eigenvalue weighted by Gasteiger charge is -2.11. The molecule has 5 aromatic rings. The van der Waals surface area contributed by atoms with Gasteiger partial charge in [-0.05, 0) is 62.0 Å². The summed E-state index contributed by atoms with van der Waals surface area (Å²) in [6, 6.07) is 31.9. The van der Waals surface area contributed by atoms with Gasteiger partial charge in [0.2, 0.25) is 10.0 Å². The maximum absolute atomic E-state index is 12.9. The fourth-order valence-corrected chi connectivity index (χ4v) is 5.76. The van der Waals surface area contributed by atoms with Gasteiger partial charge in [0.25, 0.3) is 0 Å². The first-order chi connectivity index (χ1) is 19.3. The van der Waals surface area contributed by atoms with Crippen molar-refractivity contribution >= 4 is 38.0 Å². The Labute approximate surface area is 234 Å². The van der Waals surface area contributed by atoms with Crippen LogP contribution in [-0.4, -0.2) is 49.8 Å². The van der Waals surface area contributed by atoms with Crippen LogP contribution < -0.4 is 4.72 Å². The Bertz CT molecular complexity index is 1730. The lowest BCUT2D eigenvalue weighted by atomic mass is 10.0. The molecule has 4 aromatic carbocycles. The number of anilines is 1. The number of aromatic nitrogens is 1. The average molecular weight is 553 g/mol. The summed E-state index contributed by atoms with van der Waals surface area (Å²) in [7, 11) is 0.454. The van der Waals surface area contributed by atoms with E-state index < -0.39 is 10.0 Å². The lowest BCUT2D eigenvalue weighted by Crippen LogP contribution is -2.15. The number of H-pyrrole nitrogens is 1. The zero-order valence-corrected chi connectivity index (χ0v) is 23.3. The smallest absolute Gasteiger partial charge is 0.236 e. The molecule has 0 atom stereocenters. The Morgan fingerprint density at radius 2 is 1.55 bits per heavy atom. The summed E-state index contributed by atoms with van der Waals surface area (Å²) in [6.45, 7) is 0.957. The molecule has 0 unspecified atom stereocenters. The van der Waals surface area contributed by atoms with Crippen molar-refractivity contribution in [3.63, 3.8) is 0 Å². The molecule has 7 nitrogen and oxygen atoms in total. The second-order valence-corrected chi connectivity index (χ2v) is 11.7. The molecule has 0 saturated carbocycles. The maximum atomic E-state index is 12.9. The first kappa shape index (κ1) is 27.2. The van der Waals surface area contributed by atoms with Gasteiger partial charge in [0.15, 0.2) is 5.88 Å². The molecule has 1 heterocycles. The first-order valence-electron chi connectivity index (χ1n) is 13.0.